The first-order valence-corrected chi connectivity index (χ1v) is 5.45. The number of pyridine rings is 1. The number of nitro groups is 1. The lowest BCUT2D eigenvalue weighted by molar-refractivity contribution is -0.383. The Morgan fingerprint density at radius 2 is 2.00 bits per heavy atom. The van der Waals surface area contributed by atoms with Gasteiger partial charge in [0.15, 0.2) is 5.82 Å². The van der Waals surface area contributed by atoms with Crippen molar-refractivity contribution in [3.8, 4) is 0 Å². The van der Waals surface area contributed by atoms with Crippen LogP contribution in [0.5, 0.6) is 0 Å². The highest BCUT2D eigenvalue weighted by molar-refractivity contribution is 5.94. The van der Waals surface area contributed by atoms with Crippen molar-refractivity contribution in [1.82, 2.24) is 10.1 Å². The molecule has 19 heavy (non-hydrogen) atoms. The zero-order valence-corrected chi connectivity index (χ0v) is 9.61. The third kappa shape index (κ3) is 1.97. The van der Waals surface area contributed by atoms with Gasteiger partial charge in [-0.15, -0.1) is 0 Å². The van der Waals surface area contributed by atoms with Crippen molar-refractivity contribution in [2.45, 2.75) is 0 Å². The van der Waals surface area contributed by atoms with E-state index >= 15 is 0 Å². The predicted octanol–water partition coefficient (Wildman–Crippen LogP) is 2.87. The van der Waals surface area contributed by atoms with E-state index in [0.717, 1.165) is 5.69 Å². The summed E-state index contributed by atoms with van der Waals surface area (Å²) in [7, 11) is 0. The van der Waals surface area contributed by atoms with Crippen LogP contribution in [0.4, 0.5) is 17.2 Å². The van der Waals surface area contributed by atoms with E-state index < -0.39 is 4.92 Å². The number of nitrogens with one attached hydrogen (secondary N) is 1. The van der Waals surface area contributed by atoms with Crippen LogP contribution in [-0.2, 0) is 0 Å². The molecule has 0 aliphatic rings. The molecular weight excluding hydrogens is 248 g/mol. The van der Waals surface area contributed by atoms with Crippen molar-refractivity contribution in [2.75, 3.05) is 5.32 Å². The second kappa shape index (κ2) is 4.37. The largest absolute Gasteiger partial charge is 0.347 e. The van der Waals surface area contributed by atoms with E-state index in [-0.39, 0.29) is 11.3 Å². The summed E-state index contributed by atoms with van der Waals surface area (Å²) in [6.07, 6.45) is 3.26. The van der Waals surface area contributed by atoms with Crippen molar-refractivity contribution in [1.29, 1.82) is 0 Å². The summed E-state index contributed by atoms with van der Waals surface area (Å²) in [6, 6.07) is 8.21. The fourth-order valence-corrected chi connectivity index (χ4v) is 1.75. The number of aromatic nitrogens is 2. The van der Waals surface area contributed by atoms with Gasteiger partial charge in [0, 0.05) is 24.1 Å². The Bertz CT molecular complexity index is 739. The quantitative estimate of drug-likeness (QED) is 0.572. The maximum absolute atomic E-state index is 10.9. The van der Waals surface area contributed by atoms with Crippen LogP contribution in [-0.4, -0.2) is 15.1 Å². The molecule has 7 nitrogen and oxygen atoms in total. The van der Waals surface area contributed by atoms with E-state index in [1.165, 1.54) is 6.07 Å². The lowest BCUT2D eigenvalue weighted by Gasteiger charge is -2.00. The van der Waals surface area contributed by atoms with Gasteiger partial charge in [0.1, 0.15) is 0 Å². The second-order valence-corrected chi connectivity index (χ2v) is 3.80. The molecule has 1 N–H and O–H groups in total. The number of benzene rings is 1. The molecule has 0 saturated carbocycles. The summed E-state index contributed by atoms with van der Waals surface area (Å²) >= 11 is 0. The van der Waals surface area contributed by atoms with E-state index in [9.17, 15) is 10.1 Å². The number of para-hydroxylation sites is 1. The summed E-state index contributed by atoms with van der Waals surface area (Å²) < 4.78 is 5.04. The number of hydrogen-bond acceptors (Lipinski definition) is 6. The van der Waals surface area contributed by atoms with Crippen LogP contribution in [0.15, 0.2) is 47.2 Å². The molecule has 94 valence electrons. The highest BCUT2D eigenvalue weighted by Crippen LogP contribution is 2.31. The standard InChI is InChI=1S/C12H8N4O3/c17-16(18)10-3-1-2-9-11(10)19-15-12(9)14-8-4-6-13-7-5-8/h1-7H,(H,13,14,15). The van der Waals surface area contributed by atoms with Crippen molar-refractivity contribution in [2.24, 2.45) is 0 Å². The van der Waals surface area contributed by atoms with Gasteiger partial charge >= 0.3 is 5.69 Å². The fourth-order valence-electron chi connectivity index (χ4n) is 1.75. The summed E-state index contributed by atoms with van der Waals surface area (Å²) in [5.74, 6) is 0.435. The normalized spacial score (nSPS) is 10.5. The first-order chi connectivity index (χ1) is 9.25. The number of rotatable bonds is 3. The van der Waals surface area contributed by atoms with E-state index in [2.05, 4.69) is 15.5 Å². The fraction of sp³-hybridized carbons (Fsp3) is 0. The van der Waals surface area contributed by atoms with E-state index in [4.69, 9.17) is 4.52 Å². The Labute approximate surface area is 107 Å². The van der Waals surface area contributed by atoms with Gasteiger partial charge in [0.05, 0.1) is 10.3 Å². The van der Waals surface area contributed by atoms with Crippen molar-refractivity contribution in [3.05, 3.63) is 52.8 Å². The summed E-state index contributed by atoms with van der Waals surface area (Å²) in [6.45, 7) is 0. The Balaban J connectivity index is 2.07. The molecule has 0 fully saturated rings. The maximum atomic E-state index is 10.9. The molecule has 7 heteroatoms. The second-order valence-electron chi connectivity index (χ2n) is 3.80. The summed E-state index contributed by atoms with van der Waals surface area (Å²) in [4.78, 5) is 14.3. The Morgan fingerprint density at radius 1 is 1.21 bits per heavy atom. The van der Waals surface area contributed by atoms with Gasteiger partial charge in [0.2, 0.25) is 5.58 Å². The van der Waals surface area contributed by atoms with Gasteiger partial charge in [-0.05, 0) is 18.2 Å². The van der Waals surface area contributed by atoms with Gasteiger partial charge in [-0.1, -0.05) is 11.2 Å². The van der Waals surface area contributed by atoms with Gasteiger partial charge < -0.3 is 9.84 Å². The van der Waals surface area contributed by atoms with Crippen LogP contribution in [0.3, 0.4) is 0 Å². The first-order valence-electron chi connectivity index (χ1n) is 5.45. The number of anilines is 2. The van der Waals surface area contributed by atoms with Crippen LogP contribution >= 0.6 is 0 Å². The minimum absolute atomic E-state index is 0.104. The molecule has 0 bridgehead atoms. The Kier molecular flexibility index (Phi) is 2.57. The maximum Gasteiger partial charge on any atom is 0.315 e. The number of hydrogen-bond donors (Lipinski definition) is 1. The molecule has 0 unspecified atom stereocenters. The minimum atomic E-state index is -0.496. The molecule has 1 aromatic carbocycles. The average molecular weight is 256 g/mol. The van der Waals surface area contributed by atoms with Crippen LogP contribution in [0, 0.1) is 10.1 Å². The van der Waals surface area contributed by atoms with Crippen LogP contribution in [0.25, 0.3) is 11.0 Å². The van der Waals surface area contributed by atoms with E-state index in [1.54, 1.807) is 36.7 Å². The SMILES string of the molecule is O=[N+]([O-])c1cccc2c(Nc3ccncc3)noc12. The van der Waals surface area contributed by atoms with Crippen molar-refractivity contribution >= 4 is 28.2 Å². The molecule has 3 rings (SSSR count). The molecule has 0 radical (unpaired) electrons. The Morgan fingerprint density at radius 3 is 2.74 bits per heavy atom. The molecule has 2 aromatic heterocycles. The van der Waals surface area contributed by atoms with Crippen LogP contribution in [0.2, 0.25) is 0 Å². The van der Waals surface area contributed by atoms with Crippen molar-refractivity contribution in [3.63, 3.8) is 0 Å². The molecule has 0 spiro atoms. The molecule has 0 aliphatic carbocycles. The number of nitrogens with zero attached hydrogens (tertiary/aromatic N) is 3. The molecule has 3 aromatic rings. The smallest absolute Gasteiger partial charge is 0.315 e. The lowest BCUT2D eigenvalue weighted by atomic mass is 10.2. The van der Waals surface area contributed by atoms with Crippen molar-refractivity contribution < 1.29 is 9.45 Å². The zero-order chi connectivity index (χ0) is 13.2. The van der Waals surface area contributed by atoms with Gasteiger partial charge in [-0.3, -0.25) is 15.1 Å². The van der Waals surface area contributed by atoms with E-state index in [1.807, 2.05) is 0 Å². The molecule has 0 saturated heterocycles. The van der Waals surface area contributed by atoms with Gasteiger partial charge in [-0.2, -0.15) is 0 Å². The molecular formula is C12H8N4O3. The molecule has 0 aliphatic heterocycles. The zero-order valence-electron chi connectivity index (χ0n) is 9.61. The number of fused-ring (bicyclic) bond motifs is 1. The predicted molar refractivity (Wildman–Crippen MR) is 68.2 cm³/mol. The highest BCUT2D eigenvalue weighted by Gasteiger charge is 2.18. The first kappa shape index (κ1) is 11.1. The third-order valence-electron chi connectivity index (χ3n) is 2.62. The summed E-state index contributed by atoms with van der Waals surface area (Å²) in [5, 5.41) is 18.3. The van der Waals surface area contributed by atoms with Crippen LogP contribution in [0.1, 0.15) is 0 Å². The number of non-ortho nitro benzene ring substituents is 1. The van der Waals surface area contributed by atoms with Gasteiger partial charge in [0.25, 0.3) is 0 Å². The lowest BCUT2D eigenvalue weighted by Crippen LogP contribution is -1.91. The van der Waals surface area contributed by atoms with Gasteiger partial charge in [-0.25, -0.2) is 0 Å². The average Bonchev–Trinajstić information content (AvgIpc) is 2.83. The van der Waals surface area contributed by atoms with Crippen LogP contribution < -0.4 is 5.32 Å². The molecule has 0 amide bonds. The number of nitro benzene ring substituents is 1. The molecule has 0 atom stereocenters. The summed E-state index contributed by atoms with van der Waals surface area (Å²) in [5.41, 5.74) is 0.827. The monoisotopic (exact) mass is 256 g/mol. The molecule has 2 heterocycles. The minimum Gasteiger partial charge on any atom is -0.347 e. The van der Waals surface area contributed by atoms with E-state index in [0.29, 0.717) is 11.2 Å². The third-order valence-corrected chi connectivity index (χ3v) is 2.62. The topological polar surface area (TPSA) is 94.1 Å². The Hall–Kier alpha value is -2.96. The highest BCUT2D eigenvalue weighted by atomic mass is 16.6.